The second kappa shape index (κ2) is 16.0. The van der Waals surface area contributed by atoms with Crippen LogP contribution < -0.4 is 10.2 Å². The number of piperidine rings is 1. The fraction of sp³-hybridized carbons (Fsp3) is 0.344. The summed E-state index contributed by atoms with van der Waals surface area (Å²) < 4.78 is 10.6. The van der Waals surface area contributed by atoms with Gasteiger partial charge >= 0.3 is 5.97 Å². The summed E-state index contributed by atoms with van der Waals surface area (Å²) in [5, 5.41) is 14.4. The highest BCUT2D eigenvalue weighted by Gasteiger charge is 2.12. The van der Waals surface area contributed by atoms with Gasteiger partial charge in [-0.1, -0.05) is 49.6 Å². The Labute approximate surface area is 231 Å². The number of benzene rings is 2. The first kappa shape index (κ1) is 29.4. The lowest BCUT2D eigenvalue weighted by Crippen LogP contribution is -2.29. The van der Waals surface area contributed by atoms with E-state index < -0.39 is 5.91 Å². The normalized spacial score (nSPS) is 14.0. The number of carbonyl (C=O) groups is 2. The van der Waals surface area contributed by atoms with Crippen molar-refractivity contribution in [2.75, 3.05) is 44.4 Å². The van der Waals surface area contributed by atoms with E-state index in [9.17, 15) is 14.9 Å². The average molecular weight is 528 g/mol. The summed E-state index contributed by atoms with van der Waals surface area (Å²) in [7, 11) is 0. The molecule has 0 bridgehead atoms. The Morgan fingerprint density at radius 2 is 1.77 bits per heavy atom. The van der Waals surface area contributed by atoms with E-state index in [1.54, 1.807) is 24.3 Å². The van der Waals surface area contributed by atoms with Crippen LogP contribution in [0.3, 0.4) is 0 Å². The molecule has 0 unspecified atom stereocenters. The Morgan fingerprint density at radius 1 is 1.00 bits per heavy atom. The van der Waals surface area contributed by atoms with Gasteiger partial charge in [-0.15, -0.1) is 0 Å². The molecule has 1 N–H and O–H groups in total. The number of nitrogens with one attached hydrogen (secondary N) is 1. The van der Waals surface area contributed by atoms with E-state index in [4.69, 9.17) is 9.47 Å². The third-order valence-electron chi connectivity index (χ3n) is 6.48. The number of rotatable bonds is 14. The third-order valence-corrected chi connectivity index (χ3v) is 6.48. The quantitative estimate of drug-likeness (QED) is 0.115. The molecule has 1 fully saturated rings. The number of ether oxygens (including phenoxy) is 2. The van der Waals surface area contributed by atoms with Crippen LogP contribution in [0.4, 0.5) is 5.69 Å². The van der Waals surface area contributed by atoms with E-state index in [0.717, 1.165) is 35.0 Å². The molecule has 204 valence electrons. The van der Waals surface area contributed by atoms with Crippen LogP contribution in [0.15, 0.2) is 78.9 Å². The Morgan fingerprint density at radius 3 is 2.51 bits per heavy atom. The lowest BCUT2D eigenvalue weighted by molar-refractivity contribution is -0.145. The second-order valence-electron chi connectivity index (χ2n) is 9.28. The Bertz CT molecular complexity index is 1270. The molecule has 0 saturated carbocycles. The number of amides is 1. The highest BCUT2D eigenvalue weighted by Crippen LogP contribution is 2.26. The minimum absolute atomic E-state index is 0.0256. The average Bonchev–Trinajstić information content (AvgIpc) is 2.97. The van der Waals surface area contributed by atoms with Gasteiger partial charge in [0.2, 0.25) is 0 Å². The van der Waals surface area contributed by atoms with Gasteiger partial charge in [-0.2, -0.15) is 5.26 Å². The molecule has 39 heavy (non-hydrogen) atoms. The van der Waals surface area contributed by atoms with Crippen molar-refractivity contribution in [2.45, 2.75) is 32.1 Å². The summed E-state index contributed by atoms with van der Waals surface area (Å²) in [4.78, 5) is 26.7. The van der Waals surface area contributed by atoms with Crippen molar-refractivity contribution < 1.29 is 19.1 Å². The van der Waals surface area contributed by atoms with Crippen molar-refractivity contribution in [3.8, 4) is 6.07 Å². The molecule has 0 aliphatic carbocycles. The number of nitrogens with zero attached hydrogens (tertiary/aromatic N) is 2. The van der Waals surface area contributed by atoms with Crippen molar-refractivity contribution >= 4 is 34.4 Å². The zero-order valence-electron chi connectivity index (χ0n) is 22.5. The number of esters is 1. The number of nitriles is 1. The SMILES string of the molecule is C=C/C=C(\C=C)CCC(=O)OCCOCCNC(=O)/C(C#N)=C/c1ccc2cc(N3CCCCC3)ccc2c1. The van der Waals surface area contributed by atoms with E-state index in [2.05, 4.69) is 41.6 Å². The second-order valence-corrected chi connectivity index (χ2v) is 9.28. The van der Waals surface area contributed by atoms with Gasteiger partial charge < -0.3 is 19.7 Å². The zero-order chi connectivity index (χ0) is 27.9. The van der Waals surface area contributed by atoms with Gasteiger partial charge in [0.05, 0.1) is 13.2 Å². The molecular formula is C32H37N3O4. The molecule has 1 amide bonds. The predicted octanol–water partition coefficient (Wildman–Crippen LogP) is 5.49. The Hall–Kier alpha value is -4.15. The molecule has 2 aromatic carbocycles. The topological polar surface area (TPSA) is 91.7 Å². The Balaban J connectivity index is 1.40. The van der Waals surface area contributed by atoms with Gasteiger partial charge in [-0.05, 0) is 71.9 Å². The maximum Gasteiger partial charge on any atom is 0.306 e. The minimum Gasteiger partial charge on any atom is -0.463 e. The van der Waals surface area contributed by atoms with Gasteiger partial charge in [-0.3, -0.25) is 9.59 Å². The summed E-state index contributed by atoms with van der Waals surface area (Å²) >= 11 is 0. The van der Waals surface area contributed by atoms with Gasteiger partial charge in [0.25, 0.3) is 5.91 Å². The number of carbonyl (C=O) groups excluding carboxylic acids is 2. The molecule has 7 heteroatoms. The van der Waals surface area contributed by atoms with Crippen LogP contribution >= 0.6 is 0 Å². The molecule has 0 radical (unpaired) electrons. The van der Waals surface area contributed by atoms with Crippen LogP contribution in [-0.2, 0) is 19.1 Å². The van der Waals surface area contributed by atoms with Crippen LogP contribution in [0.2, 0.25) is 0 Å². The standard InChI is InChI=1S/C32H37N3O4/c1-3-8-25(4-2)10-14-31(36)39-20-19-38-18-15-34-32(37)29(24-33)22-26-9-11-28-23-30(13-12-27(28)21-26)35-16-6-5-7-17-35/h3-4,8-9,11-13,21-23H,1-2,5-7,10,14-20H2,(H,34,37)/b25-8+,29-22+. The molecule has 1 heterocycles. The lowest BCUT2D eigenvalue weighted by atomic mass is 10.0. The fourth-order valence-corrected chi connectivity index (χ4v) is 4.38. The maximum atomic E-state index is 12.5. The smallest absolute Gasteiger partial charge is 0.306 e. The van der Waals surface area contributed by atoms with Crippen molar-refractivity contribution in [1.29, 1.82) is 5.26 Å². The third kappa shape index (κ3) is 9.59. The molecular weight excluding hydrogens is 490 g/mol. The van der Waals surface area contributed by atoms with Crippen LogP contribution in [0.25, 0.3) is 16.8 Å². The number of hydrogen-bond donors (Lipinski definition) is 1. The first-order valence-electron chi connectivity index (χ1n) is 13.4. The highest BCUT2D eigenvalue weighted by atomic mass is 16.6. The first-order chi connectivity index (χ1) is 19.0. The molecule has 3 rings (SSSR count). The minimum atomic E-state index is -0.460. The number of hydrogen-bond acceptors (Lipinski definition) is 6. The summed E-state index contributed by atoms with van der Waals surface area (Å²) in [6, 6.07) is 14.4. The zero-order valence-corrected chi connectivity index (χ0v) is 22.5. The van der Waals surface area contributed by atoms with Gasteiger partial charge in [0.15, 0.2) is 0 Å². The predicted molar refractivity (Wildman–Crippen MR) is 156 cm³/mol. The van der Waals surface area contributed by atoms with Crippen LogP contribution in [0, 0.1) is 11.3 Å². The molecule has 1 saturated heterocycles. The highest BCUT2D eigenvalue weighted by molar-refractivity contribution is 6.02. The van der Waals surface area contributed by atoms with Crippen molar-refractivity contribution in [3.05, 3.63) is 84.5 Å². The fourth-order valence-electron chi connectivity index (χ4n) is 4.38. The van der Waals surface area contributed by atoms with Crippen LogP contribution in [-0.4, -0.2) is 51.3 Å². The molecule has 0 atom stereocenters. The monoisotopic (exact) mass is 527 g/mol. The summed E-state index contributed by atoms with van der Waals surface area (Å²) in [5.74, 6) is -0.776. The van der Waals surface area contributed by atoms with Crippen LogP contribution in [0.1, 0.15) is 37.7 Å². The van der Waals surface area contributed by atoms with Gasteiger partial charge in [-0.25, -0.2) is 0 Å². The maximum absolute atomic E-state index is 12.5. The van der Waals surface area contributed by atoms with E-state index in [0.29, 0.717) is 6.42 Å². The molecule has 2 aromatic rings. The summed E-state index contributed by atoms with van der Waals surface area (Å²) in [6.07, 6.45) is 11.3. The largest absolute Gasteiger partial charge is 0.463 e. The number of allylic oxidation sites excluding steroid dienone is 4. The summed E-state index contributed by atoms with van der Waals surface area (Å²) in [5.41, 5.74) is 2.97. The molecule has 0 aromatic heterocycles. The van der Waals surface area contributed by atoms with E-state index >= 15 is 0 Å². The molecule has 1 aliphatic rings. The van der Waals surface area contributed by atoms with Gasteiger partial charge in [0, 0.05) is 31.7 Å². The van der Waals surface area contributed by atoms with Crippen molar-refractivity contribution in [2.24, 2.45) is 0 Å². The Kier molecular flexibility index (Phi) is 12.0. The first-order valence-corrected chi connectivity index (χ1v) is 13.4. The molecule has 1 aliphatic heterocycles. The van der Waals surface area contributed by atoms with E-state index in [1.807, 2.05) is 24.3 Å². The lowest BCUT2D eigenvalue weighted by Gasteiger charge is -2.29. The molecule has 7 nitrogen and oxygen atoms in total. The number of anilines is 1. The van der Waals surface area contributed by atoms with Crippen molar-refractivity contribution in [3.63, 3.8) is 0 Å². The summed E-state index contributed by atoms with van der Waals surface area (Å²) in [6.45, 7) is 10.3. The van der Waals surface area contributed by atoms with E-state index in [-0.39, 0.29) is 44.3 Å². The number of fused-ring (bicyclic) bond motifs is 1. The molecule has 0 spiro atoms. The van der Waals surface area contributed by atoms with Crippen LogP contribution in [0.5, 0.6) is 0 Å². The van der Waals surface area contributed by atoms with Gasteiger partial charge in [0.1, 0.15) is 18.2 Å². The van der Waals surface area contributed by atoms with Crippen molar-refractivity contribution in [1.82, 2.24) is 5.32 Å². The van der Waals surface area contributed by atoms with E-state index in [1.165, 1.54) is 24.9 Å².